The second-order valence-electron chi connectivity index (χ2n) is 4.74. The molecular weight excluding hydrogens is 482 g/mol. The van der Waals surface area contributed by atoms with Gasteiger partial charge >= 0.3 is 0 Å². The van der Waals surface area contributed by atoms with E-state index in [1.807, 2.05) is 11.4 Å². The number of rotatable bonds is 6. The van der Waals surface area contributed by atoms with E-state index < -0.39 is 0 Å². The molecule has 1 unspecified atom stereocenters. The summed E-state index contributed by atoms with van der Waals surface area (Å²) in [7, 11) is 0. The third kappa shape index (κ3) is 4.79. The van der Waals surface area contributed by atoms with Crippen LogP contribution in [-0.4, -0.2) is 6.04 Å². The van der Waals surface area contributed by atoms with Crippen LogP contribution in [0.25, 0.3) is 0 Å². The number of benzene rings is 1. The van der Waals surface area contributed by atoms with Crippen LogP contribution < -0.4 is 10.5 Å². The molecule has 2 aromatic rings. The molecule has 0 fully saturated rings. The maximum atomic E-state index is 6.02. The van der Waals surface area contributed by atoms with Crippen LogP contribution in [0.5, 0.6) is 5.75 Å². The fourth-order valence-electron chi connectivity index (χ4n) is 1.88. The molecular formula is C15H16Br3NOS. The number of halogens is 3. The Labute approximate surface area is 154 Å². The quantitative estimate of drug-likeness (QED) is 0.539. The van der Waals surface area contributed by atoms with Crippen LogP contribution >= 0.6 is 59.1 Å². The molecule has 2 rings (SSSR count). The molecule has 2 N–H and O–H groups in total. The van der Waals surface area contributed by atoms with Crippen LogP contribution in [0.15, 0.2) is 37.0 Å². The second-order valence-corrected chi connectivity index (χ2v) is 8.31. The van der Waals surface area contributed by atoms with Gasteiger partial charge < -0.3 is 10.5 Å². The van der Waals surface area contributed by atoms with Gasteiger partial charge in [-0.25, -0.2) is 0 Å². The Balaban J connectivity index is 2.11. The molecule has 21 heavy (non-hydrogen) atoms. The van der Waals surface area contributed by atoms with Crippen LogP contribution in [0.2, 0.25) is 0 Å². The third-order valence-corrected chi connectivity index (χ3v) is 6.20. The first kappa shape index (κ1) is 17.5. The summed E-state index contributed by atoms with van der Waals surface area (Å²) < 4.78 is 8.92. The predicted octanol–water partition coefficient (Wildman–Crippen LogP) is 5.89. The first-order chi connectivity index (χ1) is 10.0. The Morgan fingerprint density at radius 2 is 1.86 bits per heavy atom. The average Bonchev–Trinajstić information content (AvgIpc) is 2.83. The minimum Gasteiger partial charge on any atom is -0.486 e. The monoisotopic (exact) mass is 495 g/mol. The molecule has 0 amide bonds. The van der Waals surface area contributed by atoms with Crippen molar-refractivity contribution >= 4 is 59.1 Å². The highest BCUT2D eigenvalue weighted by atomic mass is 79.9. The largest absolute Gasteiger partial charge is 0.486 e. The summed E-state index contributed by atoms with van der Waals surface area (Å²) in [5.74, 6) is 0.823. The smallest absolute Gasteiger partial charge is 0.148 e. The van der Waals surface area contributed by atoms with E-state index in [2.05, 4.69) is 66.8 Å². The lowest BCUT2D eigenvalue weighted by molar-refractivity contribution is 0.305. The summed E-state index contributed by atoms with van der Waals surface area (Å²) in [5.41, 5.74) is 7.22. The summed E-state index contributed by atoms with van der Waals surface area (Å²) in [6.45, 7) is 2.65. The highest BCUT2D eigenvalue weighted by Gasteiger charge is 2.12. The Kier molecular flexibility index (Phi) is 6.75. The third-order valence-electron chi connectivity index (χ3n) is 3.12. The van der Waals surface area contributed by atoms with Crippen LogP contribution in [-0.2, 0) is 13.0 Å². The van der Waals surface area contributed by atoms with E-state index in [1.165, 1.54) is 10.4 Å². The van der Waals surface area contributed by atoms with E-state index in [4.69, 9.17) is 10.5 Å². The maximum absolute atomic E-state index is 6.02. The fraction of sp³-hybridized carbons (Fsp3) is 0.333. The van der Waals surface area contributed by atoms with E-state index in [0.717, 1.165) is 32.0 Å². The van der Waals surface area contributed by atoms with Gasteiger partial charge in [0, 0.05) is 10.5 Å². The van der Waals surface area contributed by atoms with Crippen LogP contribution in [0.3, 0.4) is 0 Å². The van der Waals surface area contributed by atoms with Crippen LogP contribution in [0.1, 0.15) is 23.8 Å². The number of ether oxygens (including phenoxy) is 1. The van der Waals surface area contributed by atoms with Crippen molar-refractivity contribution in [1.29, 1.82) is 0 Å². The Hall–Kier alpha value is 0.120. The molecule has 0 aliphatic heterocycles. The van der Waals surface area contributed by atoms with E-state index in [1.54, 1.807) is 11.3 Å². The first-order valence-corrected chi connectivity index (χ1v) is 9.85. The van der Waals surface area contributed by atoms with Crippen LogP contribution in [0.4, 0.5) is 0 Å². The first-order valence-electron chi connectivity index (χ1n) is 6.59. The Morgan fingerprint density at radius 1 is 1.19 bits per heavy atom. The topological polar surface area (TPSA) is 35.2 Å². The van der Waals surface area contributed by atoms with Gasteiger partial charge in [0.25, 0.3) is 0 Å². The zero-order chi connectivity index (χ0) is 15.4. The van der Waals surface area contributed by atoms with Crippen LogP contribution in [0, 0.1) is 0 Å². The van der Waals surface area contributed by atoms with E-state index in [0.29, 0.717) is 6.61 Å². The van der Waals surface area contributed by atoms with Gasteiger partial charge in [0.2, 0.25) is 0 Å². The molecule has 0 aliphatic carbocycles. The molecule has 0 spiro atoms. The molecule has 0 aliphatic rings. The standard InChI is InChI=1S/C15H16Br3NOS/c1-2-10(19)5-9-6-12(17)15(13(18)7-9)20-8-14-11(16)3-4-21-14/h3-4,6-7,10H,2,5,8,19H2,1H3. The van der Waals surface area contributed by atoms with Gasteiger partial charge in [0.15, 0.2) is 0 Å². The number of hydrogen-bond donors (Lipinski definition) is 1. The van der Waals surface area contributed by atoms with Gasteiger partial charge in [0.05, 0.1) is 13.8 Å². The number of thiophene rings is 1. The van der Waals surface area contributed by atoms with Crippen molar-refractivity contribution in [2.45, 2.75) is 32.4 Å². The van der Waals surface area contributed by atoms with Crippen molar-refractivity contribution in [1.82, 2.24) is 0 Å². The predicted molar refractivity (Wildman–Crippen MR) is 100 cm³/mol. The molecule has 2 nitrogen and oxygen atoms in total. The average molecular weight is 498 g/mol. The zero-order valence-corrected chi connectivity index (χ0v) is 17.1. The Morgan fingerprint density at radius 3 is 2.38 bits per heavy atom. The molecule has 1 aromatic carbocycles. The lowest BCUT2D eigenvalue weighted by atomic mass is 10.0. The van der Waals surface area contributed by atoms with Gasteiger partial charge in [-0.2, -0.15) is 0 Å². The minimum absolute atomic E-state index is 0.192. The summed E-state index contributed by atoms with van der Waals surface area (Å²) in [4.78, 5) is 1.17. The number of nitrogens with two attached hydrogens (primary N) is 1. The van der Waals surface area contributed by atoms with Gasteiger partial charge in [-0.05, 0) is 89.8 Å². The van der Waals surface area contributed by atoms with E-state index in [-0.39, 0.29) is 6.04 Å². The molecule has 114 valence electrons. The second kappa shape index (κ2) is 8.11. The highest BCUT2D eigenvalue weighted by Crippen LogP contribution is 2.36. The van der Waals surface area contributed by atoms with Gasteiger partial charge in [-0.15, -0.1) is 11.3 Å². The van der Waals surface area contributed by atoms with Crippen molar-refractivity contribution in [2.75, 3.05) is 0 Å². The molecule has 1 atom stereocenters. The van der Waals surface area contributed by atoms with E-state index in [9.17, 15) is 0 Å². The van der Waals surface area contributed by atoms with E-state index >= 15 is 0 Å². The summed E-state index contributed by atoms with van der Waals surface area (Å²) in [5, 5.41) is 2.04. The fourth-order valence-corrected chi connectivity index (χ4v) is 4.77. The van der Waals surface area contributed by atoms with Gasteiger partial charge in [-0.1, -0.05) is 6.92 Å². The van der Waals surface area contributed by atoms with Crippen molar-refractivity contribution in [3.8, 4) is 5.75 Å². The normalized spacial score (nSPS) is 12.4. The minimum atomic E-state index is 0.192. The van der Waals surface area contributed by atoms with Crippen molar-refractivity contribution < 1.29 is 4.74 Å². The summed E-state index contributed by atoms with van der Waals surface area (Å²) in [6.07, 6.45) is 1.84. The highest BCUT2D eigenvalue weighted by molar-refractivity contribution is 9.11. The molecule has 0 saturated heterocycles. The van der Waals surface area contributed by atoms with Gasteiger partial charge in [0.1, 0.15) is 12.4 Å². The van der Waals surface area contributed by atoms with Crippen molar-refractivity contribution in [3.63, 3.8) is 0 Å². The molecule has 1 heterocycles. The molecule has 0 radical (unpaired) electrons. The summed E-state index contributed by atoms with van der Waals surface area (Å²) in [6, 6.07) is 6.39. The lowest BCUT2D eigenvalue weighted by Gasteiger charge is -2.14. The Bertz CT molecular complexity index is 592. The molecule has 0 bridgehead atoms. The number of hydrogen-bond acceptors (Lipinski definition) is 3. The molecule has 1 aromatic heterocycles. The van der Waals surface area contributed by atoms with Crippen molar-refractivity contribution in [3.05, 3.63) is 47.4 Å². The maximum Gasteiger partial charge on any atom is 0.148 e. The van der Waals surface area contributed by atoms with Gasteiger partial charge in [-0.3, -0.25) is 0 Å². The van der Waals surface area contributed by atoms with Crippen molar-refractivity contribution in [2.24, 2.45) is 5.73 Å². The molecule has 0 saturated carbocycles. The summed E-state index contributed by atoms with van der Waals surface area (Å²) >= 11 is 12.4. The lowest BCUT2D eigenvalue weighted by Crippen LogP contribution is -2.21. The SMILES string of the molecule is CCC(N)Cc1cc(Br)c(OCc2sccc2Br)c(Br)c1. The molecule has 6 heteroatoms. The zero-order valence-electron chi connectivity index (χ0n) is 11.5.